The number of rotatable bonds is 3. The van der Waals surface area contributed by atoms with E-state index < -0.39 is 0 Å². The molecule has 1 saturated heterocycles. The van der Waals surface area contributed by atoms with Crippen LogP contribution in [0.15, 0.2) is 24.3 Å². The number of amides is 3. The lowest BCUT2D eigenvalue weighted by molar-refractivity contribution is 0.0665. The highest BCUT2D eigenvalue weighted by molar-refractivity contribution is 6.03. The molecule has 0 radical (unpaired) electrons. The summed E-state index contributed by atoms with van der Waals surface area (Å²) in [6.07, 6.45) is 0. The minimum Gasteiger partial charge on any atom is -0.336 e. The third-order valence-electron chi connectivity index (χ3n) is 3.62. The molecular formula is C16H24N4O2. The molecule has 0 saturated carbocycles. The molecule has 1 aromatic carbocycles. The van der Waals surface area contributed by atoms with E-state index in [4.69, 9.17) is 0 Å². The Bertz CT molecular complexity index is 537. The van der Waals surface area contributed by atoms with Gasteiger partial charge in [-0.1, -0.05) is 12.1 Å². The van der Waals surface area contributed by atoms with Crippen LogP contribution in [0.4, 0.5) is 10.5 Å². The van der Waals surface area contributed by atoms with E-state index in [2.05, 4.69) is 15.5 Å². The van der Waals surface area contributed by atoms with Crippen LogP contribution in [0.3, 0.4) is 0 Å². The van der Waals surface area contributed by atoms with Crippen molar-refractivity contribution in [1.29, 1.82) is 0 Å². The second-order valence-electron chi connectivity index (χ2n) is 5.89. The van der Waals surface area contributed by atoms with E-state index in [1.807, 2.05) is 37.9 Å². The van der Waals surface area contributed by atoms with E-state index in [0.717, 1.165) is 13.1 Å². The van der Waals surface area contributed by atoms with Gasteiger partial charge >= 0.3 is 6.03 Å². The Kier molecular flexibility index (Phi) is 5.38. The normalized spacial score (nSPS) is 15.7. The average molecular weight is 304 g/mol. The number of benzene rings is 1. The van der Waals surface area contributed by atoms with E-state index in [0.29, 0.717) is 24.3 Å². The van der Waals surface area contributed by atoms with Crippen molar-refractivity contribution in [2.75, 3.05) is 38.5 Å². The Balaban J connectivity index is 2.10. The summed E-state index contributed by atoms with van der Waals surface area (Å²) >= 11 is 0. The average Bonchev–Trinajstić information content (AvgIpc) is 2.47. The number of anilines is 1. The first-order valence-corrected chi connectivity index (χ1v) is 7.61. The molecule has 0 unspecified atom stereocenters. The first-order valence-electron chi connectivity index (χ1n) is 7.61. The van der Waals surface area contributed by atoms with Crippen LogP contribution in [0.1, 0.15) is 24.2 Å². The van der Waals surface area contributed by atoms with Crippen molar-refractivity contribution in [2.45, 2.75) is 19.9 Å². The molecule has 0 aromatic heterocycles. The molecule has 1 aliphatic heterocycles. The summed E-state index contributed by atoms with van der Waals surface area (Å²) in [5.74, 6) is -0.0338. The highest BCUT2D eigenvalue weighted by Gasteiger charge is 2.22. The number of nitrogens with one attached hydrogen (secondary N) is 2. The molecular weight excluding hydrogens is 280 g/mol. The minimum atomic E-state index is -0.298. The summed E-state index contributed by atoms with van der Waals surface area (Å²) < 4.78 is 0. The number of likely N-dealkylation sites (N-methyl/N-ethyl adjacent to an activating group) is 1. The molecule has 0 atom stereocenters. The number of carbonyl (C=O) groups is 2. The molecule has 2 rings (SSSR count). The highest BCUT2D eigenvalue weighted by Crippen LogP contribution is 2.18. The number of nitrogens with zero attached hydrogens (tertiary/aromatic N) is 2. The summed E-state index contributed by atoms with van der Waals surface area (Å²) in [6.45, 7) is 6.94. The second kappa shape index (κ2) is 7.26. The van der Waals surface area contributed by atoms with Crippen molar-refractivity contribution in [3.8, 4) is 0 Å². The summed E-state index contributed by atoms with van der Waals surface area (Å²) in [7, 11) is 2.05. The van der Waals surface area contributed by atoms with Gasteiger partial charge in [0.05, 0.1) is 11.3 Å². The number of carbonyl (C=O) groups excluding carboxylic acids is 2. The molecule has 1 aromatic rings. The van der Waals surface area contributed by atoms with Gasteiger partial charge in [0.1, 0.15) is 0 Å². The summed E-state index contributed by atoms with van der Waals surface area (Å²) in [5.41, 5.74) is 1.08. The molecule has 1 heterocycles. The fourth-order valence-corrected chi connectivity index (χ4v) is 2.38. The Morgan fingerprint density at radius 2 is 1.73 bits per heavy atom. The van der Waals surface area contributed by atoms with E-state index in [-0.39, 0.29) is 18.0 Å². The standard InChI is InChI=1S/C16H24N4O2/c1-12(2)17-16(22)18-14-7-5-4-6-13(14)15(21)20-10-8-19(3)9-11-20/h4-7,12H,8-11H2,1-3H3,(H2,17,18,22). The number of hydrogen-bond acceptors (Lipinski definition) is 3. The van der Waals surface area contributed by atoms with Crippen LogP contribution in [0.25, 0.3) is 0 Å². The van der Waals surface area contributed by atoms with Gasteiger partial charge in [-0.05, 0) is 33.0 Å². The van der Waals surface area contributed by atoms with Crippen LogP contribution in [0.2, 0.25) is 0 Å². The molecule has 2 N–H and O–H groups in total. The van der Waals surface area contributed by atoms with E-state index in [9.17, 15) is 9.59 Å². The Morgan fingerprint density at radius 3 is 2.36 bits per heavy atom. The predicted molar refractivity (Wildman–Crippen MR) is 87.1 cm³/mol. The van der Waals surface area contributed by atoms with Gasteiger partial charge in [0.25, 0.3) is 5.91 Å². The Labute approximate surface area is 131 Å². The van der Waals surface area contributed by atoms with Crippen molar-refractivity contribution in [2.24, 2.45) is 0 Å². The molecule has 22 heavy (non-hydrogen) atoms. The summed E-state index contributed by atoms with van der Waals surface area (Å²) in [4.78, 5) is 28.6. The van der Waals surface area contributed by atoms with Gasteiger partial charge < -0.3 is 20.4 Å². The maximum absolute atomic E-state index is 12.7. The summed E-state index contributed by atoms with van der Waals surface area (Å²) in [5, 5.41) is 5.52. The van der Waals surface area contributed by atoms with Crippen molar-refractivity contribution in [1.82, 2.24) is 15.1 Å². The molecule has 6 heteroatoms. The zero-order chi connectivity index (χ0) is 16.1. The molecule has 0 spiro atoms. The quantitative estimate of drug-likeness (QED) is 0.891. The number of para-hydroxylation sites is 1. The fourth-order valence-electron chi connectivity index (χ4n) is 2.38. The lowest BCUT2D eigenvalue weighted by Gasteiger charge is -2.32. The van der Waals surface area contributed by atoms with Crippen LogP contribution in [-0.4, -0.2) is 61.0 Å². The van der Waals surface area contributed by atoms with Crippen LogP contribution in [-0.2, 0) is 0 Å². The molecule has 0 bridgehead atoms. The highest BCUT2D eigenvalue weighted by atomic mass is 16.2. The van der Waals surface area contributed by atoms with E-state index in [1.54, 1.807) is 12.1 Å². The van der Waals surface area contributed by atoms with Crippen molar-refractivity contribution in [3.63, 3.8) is 0 Å². The number of hydrogen-bond donors (Lipinski definition) is 2. The maximum atomic E-state index is 12.7. The van der Waals surface area contributed by atoms with Crippen molar-refractivity contribution < 1.29 is 9.59 Å². The first-order chi connectivity index (χ1) is 10.5. The smallest absolute Gasteiger partial charge is 0.319 e. The van der Waals surface area contributed by atoms with E-state index >= 15 is 0 Å². The topological polar surface area (TPSA) is 64.7 Å². The molecule has 0 aliphatic carbocycles. The van der Waals surface area contributed by atoms with Crippen molar-refractivity contribution >= 4 is 17.6 Å². The van der Waals surface area contributed by atoms with Crippen LogP contribution in [0.5, 0.6) is 0 Å². The SMILES string of the molecule is CC(C)NC(=O)Nc1ccccc1C(=O)N1CCN(C)CC1. The van der Waals surface area contributed by atoms with Crippen molar-refractivity contribution in [3.05, 3.63) is 29.8 Å². The van der Waals surface area contributed by atoms with Gasteiger partial charge in [-0.25, -0.2) is 4.79 Å². The lowest BCUT2D eigenvalue weighted by atomic mass is 10.1. The minimum absolute atomic E-state index is 0.0338. The van der Waals surface area contributed by atoms with Gasteiger partial charge in [-0.15, -0.1) is 0 Å². The zero-order valence-corrected chi connectivity index (χ0v) is 13.4. The zero-order valence-electron chi connectivity index (χ0n) is 13.4. The lowest BCUT2D eigenvalue weighted by Crippen LogP contribution is -2.47. The molecule has 6 nitrogen and oxygen atoms in total. The first kappa shape index (κ1) is 16.3. The third-order valence-corrected chi connectivity index (χ3v) is 3.62. The number of piperazine rings is 1. The van der Waals surface area contributed by atoms with E-state index in [1.165, 1.54) is 0 Å². The van der Waals surface area contributed by atoms with Crippen LogP contribution in [0, 0.1) is 0 Å². The van der Waals surface area contributed by atoms with Crippen LogP contribution >= 0.6 is 0 Å². The Hall–Kier alpha value is -2.08. The van der Waals surface area contributed by atoms with Gasteiger partial charge in [0.2, 0.25) is 0 Å². The van der Waals surface area contributed by atoms with Gasteiger partial charge in [-0.2, -0.15) is 0 Å². The Morgan fingerprint density at radius 1 is 1.09 bits per heavy atom. The molecule has 3 amide bonds. The van der Waals surface area contributed by atoms with Gasteiger partial charge in [-0.3, -0.25) is 4.79 Å². The second-order valence-corrected chi connectivity index (χ2v) is 5.89. The largest absolute Gasteiger partial charge is 0.336 e. The summed E-state index contributed by atoms with van der Waals surface area (Å²) in [6, 6.07) is 6.88. The van der Waals surface area contributed by atoms with Gasteiger partial charge in [0.15, 0.2) is 0 Å². The van der Waals surface area contributed by atoms with Crippen LogP contribution < -0.4 is 10.6 Å². The number of urea groups is 1. The van der Waals surface area contributed by atoms with Gasteiger partial charge in [0, 0.05) is 32.2 Å². The maximum Gasteiger partial charge on any atom is 0.319 e. The molecule has 120 valence electrons. The molecule has 1 fully saturated rings. The monoisotopic (exact) mass is 304 g/mol. The molecule has 1 aliphatic rings. The predicted octanol–water partition coefficient (Wildman–Crippen LogP) is 1.60. The third kappa shape index (κ3) is 4.21. The fraction of sp³-hybridized carbons (Fsp3) is 0.500.